The van der Waals surface area contributed by atoms with Crippen LogP contribution in [0.15, 0.2) is 53.7 Å². The summed E-state index contributed by atoms with van der Waals surface area (Å²) in [6, 6.07) is 13.0. The van der Waals surface area contributed by atoms with Gasteiger partial charge in [0.05, 0.1) is 13.7 Å². The first-order valence-corrected chi connectivity index (χ1v) is 7.98. The van der Waals surface area contributed by atoms with E-state index in [2.05, 4.69) is 4.98 Å². The molecule has 0 radical (unpaired) electrons. The third-order valence-corrected chi connectivity index (χ3v) is 3.84. The highest BCUT2D eigenvalue weighted by molar-refractivity contribution is 8.13. The number of pyridine rings is 1. The molecule has 0 atom stereocenters. The third kappa shape index (κ3) is 5.77. The van der Waals surface area contributed by atoms with Gasteiger partial charge in [-0.1, -0.05) is 6.07 Å². The number of benzene rings is 1. The molecule has 1 aromatic heterocycles. The van der Waals surface area contributed by atoms with Crippen molar-refractivity contribution in [2.45, 2.75) is 24.3 Å². The van der Waals surface area contributed by atoms with E-state index in [4.69, 9.17) is 9.47 Å². The first-order valence-electron chi connectivity index (χ1n) is 7.16. The number of methoxy groups -OCH3 is 1. The molecule has 0 aliphatic rings. The summed E-state index contributed by atoms with van der Waals surface area (Å²) in [5.74, 6) is 1.62. The van der Waals surface area contributed by atoms with Crippen LogP contribution in [-0.4, -0.2) is 23.8 Å². The molecule has 0 saturated heterocycles. The number of unbranched alkanes of at least 4 members (excludes halogenated alkanes) is 1. The van der Waals surface area contributed by atoms with Crippen molar-refractivity contribution < 1.29 is 14.3 Å². The SMILES string of the molecule is COc1ccc(OCCCCC(=O)Sc2ccccn2)cc1. The number of ether oxygens (including phenoxy) is 2. The van der Waals surface area contributed by atoms with Gasteiger partial charge in [0.1, 0.15) is 16.5 Å². The fourth-order valence-electron chi connectivity index (χ4n) is 1.81. The first-order chi connectivity index (χ1) is 10.8. The number of nitrogens with zero attached hydrogens (tertiary/aromatic N) is 1. The van der Waals surface area contributed by atoms with Crippen LogP contribution in [0.25, 0.3) is 0 Å². The van der Waals surface area contributed by atoms with Crippen LogP contribution in [0, 0.1) is 0 Å². The van der Waals surface area contributed by atoms with Crippen LogP contribution >= 0.6 is 11.8 Å². The summed E-state index contributed by atoms with van der Waals surface area (Å²) in [6.07, 6.45) is 3.89. The molecule has 1 aromatic carbocycles. The van der Waals surface area contributed by atoms with E-state index in [1.165, 1.54) is 11.8 Å². The Kier molecular flexibility index (Phi) is 6.77. The minimum absolute atomic E-state index is 0.142. The molecule has 0 aliphatic heterocycles. The molecule has 1 heterocycles. The van der Waals surface area contributed by atoms with Crippen LogP contribution in [0.4, 0.5) is 0 Å². The van der Waals surface area contributed by atoms with Crippen molar-refractivity contribution in [1.82, 2.24) is 4.98 Å². The molecule has 0 fully saturated rings. The molecular formula is C17H19NO3S. The first kappa shape index (κ1) is 16.4. The Balaban J connectivity index is 1.59. The standard InChI is InChI=1S/C17H19NO3S/c1-20-14-8-10-15(11-9-14)21-13-5-3-7-17(19)22-16-6-2-4-12-18-16/h2,4,6,8-12H,3,5,7,13H2,1H3. The van der Waals surface area contributed by atoms with Gasteiger partial charge in [-0.3, -0.25) is 4.79 Å². The molecule has 5 heteroatoms. The minimum atomic E-state index is 0.142. The number of hydrogen-bond acceptors (Lipinski definition) is 5. The van der Waals surface area contributed by atoms with Crippen LogP contribution in [0.5, 0.6) is 11.5 Å². The van der Waals surface area contributed by atoms with Crippen LogP contribution in [0.3, 0.4) is 0 Å². The Hall–Kier alpha value is -2.01. The van der Waals surface area contributed by atoms with Gasteiger partial charge in [0, 0.05) is 12.6 Å². The minimum Gasteiger partial charge on any atom is -0.497 e. The van der Waals surface area contributed by atoms with Gasteiger partial charge in [-0.15, -0.1) is 0 Å². The zero-order chi connectivity index (χ0) is 15.6. The summed E-state index contributed by atoms with van der Waals surface area (Å²) in [7, 11) is 1.63. The number of hydrogen-bond donors (Lipinski definition) is 0. The molecule has 0 saturated carbocycles. The number of rotatable bonds is 8. The molecule has 22 heavy (non-hydrogen) atoms. The van der Waals surface area contributed by atoms with Gasteiger partial charge in [-0.05, 0) is 61.0 Å². The van der Waals surface area contributed by atoms with E-state index in [1.54, 1.807) is 13.3 Å². The Bertz CT molecular complexity index is 572. The Morgan fingerprint density at radius 3 is 2.55 bits per heavy atom. The van der Waals surface area contributed by atoms with Crippen molar-refractivity contribution in [3.63, 3.8) is 0 Å². The largest absolute Gasteiger partial charge is 0.497 e. The van der Waals surface area contributed by atoms with E-state index in [0.29, 0.717) is 13.0 Å². The number of carbonyl (C=O) groups is 1. The fraction of sp³-hybridized carbons (Fsp3) is 0.294. The zero-order valence-electron chi connectivity index (χ0n) is 12.5. The van der Waals surface area contributed by atoms with E-state index >= 15 is 0 Å². The summed E-state index contributed by atoms with van der Waals surface area (Å²) in [6.45, 7) is 0.605. The summed E-state index contributed by atoms with van der Waals surface area (Å²) in [5, 5.41) is 0.894. The van der Waals surface area contributed by atoms with E-state index in [0.717, 1.165) is 29.4 Å². The summed E-state index contributed by atoms with van der Waals surface area (Å²) in [4.78, 5) is 15.9. The monoisotopic (exact) mass is 317 g/mol. The molecule has 116 valence electrons. The van der Waals surface area contributed by atoms with Crippen molar-refractivity contribution in [3.8, 4) is 11.5 Å². The number of carbonyl (C=O) groups excluding carboxylic acids is 1. The van der Waals surface area contributed by atoms with Crippen LogP contribution in [0.1, 0.15) is 19.3 Å². The van der Waals surface area contributed by atoms with E-state index in [1.807, 2.05) is 42.5 Å². The maximum atomic E-state index is 11.8. The molecule has 0 N–H and O–H groups in total. The molecule has 4 nitrogen and oxygen atoms in total. The maximum absolute atomic E-state index is 11.8. The second-order valence-electron chi connectivity index (χ2n) is 4.62. The van der Waals surface area contributed by atoms with Crippen LogP contribution < -0.4 is 9.47 Å². The average molecular weight is 317 g/mol. The lowest BCUT2D eigenvalue weighted by molar-refractivity contribution is -0.111. The molecular weight excluding hydrogens is 298 g/mol. The van der Waals surface area contributed by atoms with Gasteiger partial charge < -0.3 is 9.47 Å². The van der Waals surface area contributed by atoms with Gasteiger partial charge >= 0.3 is 0 Å². The molecule has 0 amide bonds. The van der Waals surface area contributed by atoms with Crippen molar-refractivity contribution in [2.24, 2.45) is 0 Å². The average Bonchev–Trinajstić information content (AvgIpc) is 2.56. The highest BCUT2D eigenvalue weighted by Crippen LogP contribution is 2.19. The number of thioether (sulfide) groups is 1. The topological polar surface area (TPSA) is 48.4 Å². The summed E-state index contributed by atoms with van der Waals surface area (Å²) in [5.41, 5.74) is 0. The Morgan fingerprint density at radius 1 is 1.09 bits per heavy atom. The summed E-state index contributed by atoms with van der Waals surface area (Å²) >= 11 is 1.20. The molecule has 2 aromatic rings. The van der Waals surface area contributed by atoms with Crippen molar-refractivity contribution >= 4 is 16.9 Å². The van der Waals surface area contributed by atoms with E-state index < -0.39 is 0 Å². The molecule has 0 spiro atoms. The smallest absolute Gasteiger partial charge is 0.195 e. The summed E-state index contributed by atoms with van der Waals surface area (Å²) < 4.78 is 10.7. The molecule has 0 bridgehead atoms. The lowest BCUT2D eigenvalue weighted by Crippen LogP contribution is -1.99. The third-order valence-electron chi connectivity index (χ3n) is 2.96. The van der Waals surface area contributed by atoms with Crippen molar-refractivity contribution in [2.75, 3.05) is 13.7 Å². The zero-order valence-corrected chi connectivity index (χ0v) is 13.3. The van der Waals surface area contributed by atoms with Crippen LogP contribution in [-0.2, 0) is 4.79 Å². The highest BCUT2D eigenvalue weighted by Gasteiger charge is 2.05. The van der Waals surface area contributed by atoms with Gasteiger partial charge in [-0.2, -0.15) is 0 Å². The van der Waals surface area contributed by atoms with Crippen LogP contribution in [0.2, 0.25) is 0 Å². The lowest BCUT2D eigenvalue weighted by atomic mass is 10.2. The predicted molar refractivity (Wildman–Crippen MR) is 87.4 cm³/mol. The van der Waals surface area contributed by atoms with E-state index in [9.17, 15) is 4.79 Å². The lowest BCUT2D eigenvalue weighted by Gasteiger charge is -2.06. The molecule has 0 aliphatic carbocycles. The maximum Gasteiger partial charge on any atom is 0.195 e. The molecule has 0 unspecified atom stereocenters. The second kappa shape index (κ2) is 9.10. The quantitative estimate of drug-likeness (QED) is 0.545. The number of aromatic nitrogens is 1. The van der Waals surface area contributed by atoms with Crippen molar-refractivity contribution in [1.29, 1.82) is 0 Å². The normalized spacial score (nSPS) is 10.2. The van der Waals surface area contributed by atoms with Gasteiger partial charge in [0.15, 0.2) is 5.12 Å². The Morgan fingerprint density at radius 2 is 1.86 bits per heavy atom. The molecule has 2 rings (SSSR count). The second-order valence-corrected chi connectivity index (χ2v) is 5.70. The van der Waals surface area contributed by atoms with Gasteiger partial charge in [0.25, 0.3) is 0 Å². The predicted octanol–water partition coefficient (Wildman–Crippen LogP) is 3.96. The van der Waals surface area contributed by atoms with Crippen molar-refractivity contribution in [3.05, 3.63) is 48.7 Å². The fourth-order valence-corrected chi connectivity index (χ4v) is 2.55. The highest BCUT2D eigenvalue weighted by atomic mass is 32.2. The van der Waals surface area contributed by atoms with Gasteiger partial charge in [-0.25, -0.2) is 4.98 Å². The van der Waals surface area contributed by atoms with E-state index in [-0.39, 0.29) is 5.12 Å². The van der Waals surface area contributed by atoms with Gasteiger partial charge in [0.2, 0.25) is 0 Å². The Labute approximate surface area is 134 Å².